The third kappa shape index (κ3) is 4.96. The average molecular weight is 273 g/mol. The summed E-state index contributed by atoms with van der Waals surface area (Å²) < 4.78 is 7.37. The fourth-order valence-electron chi connectivity index (χ4n) is 1.31. The van der Waals surface area contributed by atoms with E-state index >= 15 is 0 Å². The van der Waals surface area contributed by atoms with Crippen LogP contribution in [0, 0.1) is 0 Å². The van der Waals surface area contributed by atoms with Crippen LogP contribution in [0.3, 0.4) is 0 Å². The summed E-state index contributed by atoms with van der Waals surface area (Å²) in [6.45, 7) is 10.6. The first-order valence-corrected chi connectivity index (χ1v) is 7.12. The molecule has 1 aromatic heterocycles. The summed E-state index contributed by atoms with van der Waals surface area (Å²) in [5, 5.41) is 18.6. The lowest BCUT2D eigenvalue weighted by atomic mass is 10.1. The zero-order valence-electron chi connectivity index (χ0n) is 11.8. The molecule has 0 radical (unpaired) electrons. The number of nitrogens with zero attached hydrogens (tertiary/aromatic N) is 3. The molecule has 0 aliphatic heterocycles. The molecule has 1 unspecified atom stereocenters. The van der Waals surface area contributed by atoms with E-state index in [0.717, 1.165) is 5.16 Å². The van der Waals surface area contributed by atoms with Crippen molar-refractivity contribution >= 4 is 11.8 Å². The summed E-state index contributed by atoms with van der Waals surface area (Å²) in [7, 11) is 0. The highest BCUT2D eigenvalue weighted by Crippen LogP contribution is 2.23. The molecule has 1 atom stereocenters. The van der Waals surface area contributed by atoms with Gasteiger partial charge in [0.05, 0.1) is 18.8 Å². The van der Waals surface area contributed by atoms with Gasteiger partial charge in [0.2, 0.25) is 0 Å². The van der Waals surface area contributed by atoms with E-state index in [0.29, 0.717) is 12.4 Å². The van der Waals surface area contributed by atoms with Crippen molar-refractivity contribution in [3.63, 3.8) is 0 Å². The van der Waals surface area contributed by atoms with Gasteiger partial charge in [0, 0.05) is 11.3 Å². The Balaban J connectivity index is 2.46. The van der Waals surface area contributed by atoms with E-state index in [-0.39, 0.29) is 11.6 Å². The zero-order valence-corrected chi connectivity index (χ0v) is 12.6. The van der Waals surface area contributed by atoms with Crippen molar-refractivity contribution in [2.45, 2.75) is 57.5 Å². The largest absolute Gasteiger partial charge is 0.390 e. The summed E-state index contributed by atoms with van der Waals surface area (Å²) in [6.07, 6.45) is 1.38. The molecule has 1 heterocycles. The lowest BCUT2D eigenvalue weighted by molar-refractivity contribution is 0.0152. The van der Waals surface area contributed by atoms with Gasteiger partial charge >= 0.3 is 0 Å². The van der Waals surface area contributed by atoms with E-state index in [1.807, 2.05) is 18.4 Å². The molecule has 0 fully saturated rings. The molecule has 0 saturated carbocycles. The van der Waals surface area contributed by atoms with Crippen LogP contribution in [0.2, 0.25) is 0 Å². The lowest BCUT2D eigenvalue weighted by Gasteiger charge is -2.22. The molecule has 0 amide bonds. The molecular weight excluding hydrogens is 250 g/mol. The number of ether oxygens (including phenoxy) is 1. The third-order valence-corrected chi connectivity index (χ3v) is 3.35. The van der Waals surface area contributed by atoms with E-state index in [4.69, 9.17) is 4.74 Å². The van der Waals surface area contributed by atoms with Gasteiger partial charge in [0.15, 0.2) is 5.16 Å². The van der Waals surface area contributed by atoms with Crippen LogP contribution in [-0.2, 0) is 10.3 Å². The second-order valence-electron chi connectivity index (χ2n) is 5.50. The van der Waals surface area contributed by atoms with Crippen LogP contribution < -0.4 is 0 Å². The molecular formula is C12H23N3O2S. The van der Waals surface area contributed by atoms with Gasteiger partial charge in [-0.15, -0.1) is 10.2 Å². The predicted molar refractivity (Wildman–Crippen MR) is 72.8 cm³/mol. The molecule has 18 heavy (non-hydrogen) atoms. The average Bonchev–Trinajstić information content (AvgIpc) is 2.71. The van der Waals surface area contributed by atoms with Gasteiger partial charge in [-0.1, -0.05) is 11.8 Å². The summed E-state index contributed by atoms with van der Waals surface area (Å²) in [5.41, 5.74) is -0.0504. The Morgan fingerprint density at radius 1 is 1.44 bits per heavy atom. The smallest absolute Gasteiger partial charge is 0.191 e. The molecule has 1 aromatic rings. The normalized spacial score (nSPS) is 14.2. The highest BCUT2D eigenvalue weighted by atomic mass is 32.2. The van der Waals surface area contributed by atoms with Gasteiger partial charge < -0.3 is 14.4 Å². The fraction of sp³-hybridized carbons (Fsp3) is 0.833. The van der Waals surface area contributed by atoms with Gasteiger partial charge in [0.25, 0.3) is 0 Å². The van der Waals surface area contributed by atoms with Crippen LogP contribution in [0.5, 0.6) is 0 Å². The molecule has 0 aromatic carbocycles. The summed E-state index contributed by atoms with van der Waals surface area (Å²) >= 11 is 1.50. The van der Waals surface area contributed by atoms with E-state index in [1.165, 1.54) is 11.8 Å². The van der Waals surface area contributed by atoms with Crippen molar-refractivity contribution in [1.82, 2.24) is 14.8 Å². The van der Waals surface area contributed by atoms with Crippen LogP contribution in [0.4, 0.5) is 0 Å². The minimum Gasteiger partial charge on any atom is -0.390 e. The third-order valence-electron chi connectivity index (χ3n) is 2.27. The summed E-state index contributed by atoms with van der Waals surface area (Å²) in [5.74, 6) is 0.557. The minimum atomic E-state index is -0.484. The van der Waals surface area contributed by atoms with E-state index < -0.39 is 6.10 Å². The lowest BCUT2D eigenvalue weighted by Crippen LogP contribution is -2.23. The van der Waals surface area contributed by atoms with Gasteiger partial charge in [-0.3, -0.25) is 0 Å². The first-order chi connectivity index (χ1) is 8.30. The van der Waals surface area contributed by atoms with Crippen LogP contribution in [-0.4, -0.2) is 44.4 Å². The molecule has 0 aliphatic rings. The minimum absolute atomic E-state index is 0.0504. The molecule has 6 heteroatoms. The maximum Gasteiger partial charge on any atom is 0.191 e. The Bertz CT molecular complexity index is 360. The first-order valence-electron chi connectivity index (χ1n) is 6.13. The Labute approximate surface area is 113 Å². The molecule has 1 N–H and O–H groups in total. The molecule has 0 spiro atoms. The molecule has 104 valence electrons. The molecule has 0 bridgehead atoms. The maximum atomic E-state index is 9.79. The standard InChI is InChI=1S/C12H23N3O2S/c1-9(2)17-6-10(16)7-18-11-14-13-8-15(11)12(3,4)5/h8-10,16H,6-7H2,1-5H3. The number of rotatable bonds is 6. The van der Waals surface area contributed by atoms with Crippen molar-refractivity contribution in [3.05, 3.63) is 6.33 Å². The Morgan fingerprint density at radius 2 is 2.11 bits per heavy atom. The highest BCUT2D eigenvalue weighted by molar-refractivity contribution is 7.99. The molecule has 0 saturated heterocycles. The number of aliphatic hydroxyl groups excluding tert-OH is 1. The van der Waals surface area contributed by atoms with Crippen molar-refractivity contribution < 1.29 is 9.84 Å². The van der Waals surface area contributed by atoms with E-state index in [2.05, 4.69) is 31.0 Å². The van der Waals surface area contributed by atoms with Crippen molar-refractivity contribution in [3.8, 4) is 0 Å². The van der Waals surface area contributed by atoms with Crippen molar-refractivity contribution in [2.24, 2.45) is 0 Å². The SMILES string of the molecule is CC(C)OCC(O)CSc1nncn1C(C)(C)C. The van der Waals surface area contributed by atoms with Gasteiger partial charge in [-0.2, -0.15) is 0 Å². The van der Waals surface area contributed by atoms with Gasteiger partial charge in [0.1, 0.15) is 6.33 Å². The number of hydrogen-bond acceptors (Lipinski definition) is 5. The van der Waals surface area contributed by atoms with Crippen LogP contribution >= 0.6 is 11.8 Å². The Hall–Kier alpha value is -0.590. The second-order valence-corrected chi connectivity index (χ2v) is 6.49. The van der Waals surface area contributed by atoms with Crippen LogP contribution in [0.1, 0.15) is 34.6 Å². The molecule has 5 nitrogen and oxygen atoms in total. The van der Waals surface area contributed by atoms with Crippen LogP contribution in [0.25, 0.3) is 0 Å². The van der Waals surface area contributed by atoms with Crippen LogP contribution in [0.15, 0.2) is 11.5 Å². The van der Waals surface area contributed by atoms with E-state index in [9.17, 15) is 5.11 Å². The van der Waals surface area contributed by atoms with Crippen molar-refractivity contribution in [2.75, 3.05) is 12.4 Å². The molecule has 1 rings (SSSR count). The number of thioether (sulfide) groups is 1. The highest BCUT2D eigenvalue weighted by Gasteiger charge is 2.18. The summed E-state index contributed by atoms with van der Waals surface area (Å²) in [6, 6.07) is 0. The predicted octanol–water partition coefficient (Wildman–Crippen LogP) is 1.91. The Kier molecular flexibility index (Phi) is 5.62. The number of aliphatic hydroxyl groups is 1. The first kappa shape index (κ1) is 15.5. The van der Waals surface area contributed by atoms with Gasteiger partial charge in [-0.05, 0) is 34.6 Å². The molecule has 0 aliphatic carbocycles. The monoisotopic (exact) mass is 273 g/mol. The quantitative estimate of drug-likeness (QED) is 0.802. The topological polar surface area (TPSA) is 60.2 Å². The second kappa shape index (κ2) is 6.54. The van der Waals surface area contributed by atoms with Gasteiger partial charge in [-0.25, -0.2) is 0 Å². The zero-order chi connectivity index (χ0) is 13.8. The number of hydrogen-bond donors (Lipinski definition) is 1. The van der Waals surface area contributed by atoms with Crippen molar-refractivity contribution in [1.29, 1.82) is 0 Å². The maximum absolute atomic E-state index is 9.79. The fourth-order valence-corrected chi connectivity index (χ4v) is 2.31. The summed E-state index contributed by atoms with van der Waals surface area (Å²) in [4.78, 5) is 0. The Morgan fingerprint density at radius 3 is 2.67 bits per heavy atom. The number of aromatic nitrogens is 3. The van der Waals surface area contributed by atoms with E-state index in [1.54, 1.807) is 6.33 Å².